The van der Waals surface area contributed by atoms with Crippen LogP contribution in [0.3, 0.4) is 0 Å². The smallest absolute Gasteiger partial charge is 0.337 e. The first kappa shape index (κ1) is 18.3. The average Bonchev–Trinajstić information content (AvgIpc) is 3.02. The van der Waals surface area contributed by atoms with E-state index >= 15 is 0 Å². The standard InChI is InChI=1S/C18H14FN3O4S/c19-14-7-9-15(10-8-14)27(24,25)22-16(20)12-17(21-22)26-18(23)11-6-13-4-2-1-3-5-13/h1-12H,20H2/b11-6+. The number of aromatic nitrogens is 2. The third-order valence-corrected chi connectivity index (χ3v) is 5.05. The van der Waals surface area contributed by atoms with Crippen LogP contribution in [-0.4, -0.2) is 23.6 Å². The minimum absolute atomic E-state index is 0.208. The van der Waals surface area contributed by atoms with Crippen molar-refractivity contribution in [2.24, 2.45) is 0 Å². The summed E-state index contributed by atoms with van der Waals surface area (Å²) in [6, 6.07) is 14.3. The summed E-state index contributed by atoms with van der Waals surface area (Å²) in [6.45, 7) is 0. The van der Waals surface area contributed by atoms with Gasteiger partial charge in [0.25, 0.3) is 10.0 Å². The molecule has 0 unspecified atom stereocenters. The molecule has 0 saturated heterocycles. The van der Waals surface area contributed by atoms with E-state index in [0.29, 0.717) is 4.09 Å². The normalized spacial score (nSPS) is 11.6. The molecular weight excluding hydrogens is 373 g/mol. The van der Waals surface area contributed by atoms with Crippen LogP contribution in [0.4, 0.5) is 10.2 Å². The molecule has 2 aromatic carbocycles. The van der Waals surface area contributed by atoms with E-state index in [1.54, 1.807) is 12.1 Å². The summed E-state index contributed by atoms with van der Waals surface area (Å²) in [5.74, 6) is -1.86. The Kier molecular flexibility index (Phi) is 5.04. The quantitative estimate of drug-likeness (QED) is 0.533. The van der Waals surface area contributed by atoms with E-state index in [1.165, 1.54) is 12.2 Å². The van der Waals surface area contributed by atoms with Gasteiger partial charge in [0.05, 0.1) is 4.90 Å². The fraction of sp³-hybridized carbons (Fsp3) is 0. The van der Waals surface area contributed by atoms with Crippen LogP contribution in [0.15, 0.2) is 71.6 Å². The number of hydrogen-bond acceptors (Lipinski definition) is 6. The van der Waals surface area contributed by atoms with Gasteiger partial charge in [-0.25, -0.2) is 9.18 Å². The highest BCUT2D eigenvalue weighted by molar-refractivity contribution is 7.90. The van der Waals surface area contributed by atoms with Gasteiger partial charge in [-0.05, 0) is 35.9 Å². The molecule has 0 atom stereocenters. The number of halogens is 1. The molecule has 0 amide bonds. The van der Waals surface area contributed by atoms with Crippen LogP contribution in [0, 0.1) is 5.82 Å². The van der Waals surface area contributed by atoms with Gasteiger partial charge in [0.15, 0.2) is 0 Å². The largest absolute Gasteiger partial charge is 0.403 e. The number of nitrogens with two attached hydrogens (primary N) is 1. The molecule has 1 aromatic heterocycles. The van der Waals surface area contributed by atoms with Gasteiger partial charge in [0, 0.05) is 12.1 Å². The van der Waals surface area contributed by atoms with E-state index < -0.39 is 21.8 Å². The zero-order chi connectivity index (χ0) is 19.4. The number of benzene rings is 2. The van der Waals surface area contributed by atoms with Gasteiger partial charge < -0.3 is 10.5 Å². The topological polar surface area (TPSA) is 104 Å². The van der Waals surface area contributed by atoms with Crippen molar-refractivity contribution >= 4 is 27.9 Å². The highest BCUT2D eigenvalue weighted by atomic mass is 32.2. The number of esters is 1. The van der Waals surface area contributed by atoms with Gasteiger partial charge in [0.2, 0.25) is 5.88 Å². The molecule has 138 valence electrons. The van der Waals surface area contributed by atoms with Crippen LogP contribution in [-0.2, 0) is 14.8 Å². The van der Waals surface area contributed by atoms with Crippen LogP contribution >= 0.6 is 0 Å². The minimum atomic E-state index is -4.15. The molecule has 0 aliphatic rings. The second-order valence-electron chi connectivity index (χ2n) is 5.37. The molecule has 0 aliphatic carbocycles. The van der Waals surface area contributed by atoms with Crippen molar-refractivity contribution in [2.75, 3.05) is 5.73 Å². The van der Waals surface area contributed by atoms with Gasteiger partial charge in [-0.1, -0.05) is 30.3 Å². The third kappa shape index (κ3) is 4.21. The molecule has 9 heteroatoms. The molecule has 1 heterocycles. The van der Waals surface area contributed by atoms with Crippen molar-refractivity contribution in [1.82, 2.24) is 9.19 Å². The molecule has 3 rings (SSSR count). The molecule has 7 nitrogen and oxygen atoms in total. The summed E-state index contributed by atoms with van der Waals surface area (Å²) in [6.07, 6.45) is 2.72. The van der Waals surface area contributed by atoms with Crippen LogP contribution < -0.4 is 10.5 Å². The zero-order valence-corrected chi connectivity index (χ0v) is 14.6. The highest BCUT2D eigenvalue weighted by Crippen LogP contribution is 2.21. The van der Waals surface area contributed by atoms with E-state index in [4.69, 9.17) is 10.5 Å². The summed E-state index contributed by atoms with van der Waals surface area (Å²) >= 11 is 0. The van der Waals surface area contributed by atoms with E-state index in [2.05, 4.69) is 5.10 Å². The maximum Gasteiger partial charge on any atom is 0.337 e. The third-order valence-electron chi connectivity index (χ3n) is 3.44. The predicted molar refractivity (Wildman–Crippen MR) is 96.7 cm³/mol. The number of nitrogen functional groups attached to an aromatic ring is 1. The van der Waals surface area contributed by atoms with Crippen LogP contribution in [0.25, 0.3) is 6.08 Å². The van der Waals surface area contributed by atoms with Crippen molar-refractivity contribution in [3.8, 4) is 5.88 Å². The first-order chi connectivity index (χ1) is 12.9. The monoisotopic (exact) mass is 387 g/mol. The van der Waals surface area contributed by atoms with Gasteiger partial charge >= 0.3 is 5.97 Å². The molecule has 0 saturated carbocycles. The second-order valence-corrected chi connectivity index (χ2v) is 7.14. The maximum absolute atomic E-state index is 13.0. The number of hydrogen-bond donors (Lipinski definition) is 1. The molecule has 0 spiro atoms. The molecule has 0 bridgehead atoms. The number of rotatable bonds is 5. The zero-order valence-electron chi connectivity index (χ0n) is 13.8. The Labute approximate surface area is 154 Å². The molecule has 27 heavy (non-hydrogen) atoms. The Morgan fingerprint density at radius 2 is 1.78 bits per heavy atom. The predicted octanol–water partition coefficient (Wildman–Crippen LogP) is 2.46. The summed E-state index contributed by atoms with van der Waals surface area (Å²) in [7, 11) is -4.15. The Balaban J connectivity index is 1.79. The summed E-state index contributed by atoms with van der Waals surface area (Å²) < 4.78 is 43.5. The SMILES string of the molecule is Nc1cc(OC(=O)/C=C/c2ccccc2)nn1S(=O)(=O)c1ccc(F)cc1. The van der Waals surface area contributed by atoms with E-state index in [1.807, 2.05) is 18.2 Å². The van der Waals surface area contributed by atoms with Crippen molar-refractivity contribution in [2.45, 2.75) is 4.90 Å². The maximum atomic E-state index is 13.0. The molecular formula is C18H14FN3O4S. The van der Waals surface area contributed by atoms with Crippen molar-refractivity contribution in [1.29, 1.82) is 0 Å². The number of anilines is 1. The number of carbonyl (C=O) groups excluding carboxylic acids is 1. The lowest BCUT2D eigenvalue weighted by atomic mass is 10.2. The lowest BCUT2D eigenvalue weighted by molar-refractivity contribution is -0.129. The fourth-order valence-electron chi connectivity index (χ4n) is 2.17. The molecule has 0 fully saturated rings. The first-order valence-electron chi connectivity index (χ1n) is 7.68. The number of ether oxygens (including phenoxy) is 1. The van der Waals surface area contributed by atoms with Crippen LogP contribution in [0.5, 0.6) is 5.88 Å². The molecule has 0 radical (unpaired) electrons. The Morgan fingerprint density at radius 1 is 1.11 bits per heavy atom. The Bertz CT molecular complexity index is 1090. The van der Waals surface area contributed by atoms with Gasteiger partial charge in [-0.2, -0.15) is 8.42 Å². The van der Waals surface area contributed by atoms with Crippen molar-refractivity contribution in [3.05, 3.63) is 78.1 Å². The first-order valence-corrected chi connectivity index (χ1v) is 9.12. The second kappa shape index (κ2) is 7.42. The van der Waals surface area contributed by atoms with Crippen molar-refractivity contribution < 1.29 is 22.3 Å². The summed E-state index contributed by atoms with van der Waals surface area (Å²) in [5.41, 5.74) is 6.46. The summed E-state index contributed by atoms with van der Waals surface area (Å²) in [5, 5.41) is 3.71. The van der Waals surface area contributed by atoms with Crippen LogP contribution in [0.2, 0.25) is 0 Å². The van der Waals surface area contributed by atoms with E-state index in [-0.39, 0.29) is 16.6 Å². The van der Waals surface area contributed by atoms with Crippen LogP contribution in [0.1, 0.15) is 5.56 Å². The lowest BCUT2D eigenvalue weighted by Crippen LogP contribution is -2.17. The average molecular weight is 387 g/mol. The molecule has 3 aromatic rings. The van der Waals surface area contributed by atoms with Gasteiger partial charge in [0.1, 0.15) is 11.6 Å². The van der Waals surface area contributed by atoms with E-state index in [0.717, 1.165) is 35.9 Å². The van der Waals surface area contributed by atoms with Gasteiger partial charge in [-0.3, -0.25) is 0 Å². The summed E-state index contributed by atoms with van der Waals surface area (Å²) in [4.78, 5) is 11.7. The minimum Gasteiger partial charge on any atom is -0.403 e. The fourth-order valence-corrected chi connectivity index (χ4v) is 3.37. The Morgan fingerprint density at radius 3 is 2.44 bits per heavy atom. The Hall–Kier alpha value is -3.46. The number of nitrogens with zero attached hydrogens (tertiary/aromatic N) is 2. The van der Waals surface area contributed by atoms with Crippen molar-refractivity contribution in [3.63, 3.8) is 0 Å². The molecule has 2 N–H and O–H groups in total. The van der Waals surface area contributed by atoms with Gasteiger partial charge in [-0.15, -0.1) is 9.19 Å². The molecule has 0 aliphatic heterocycles. The van der Waals surface area contributed by atoms with E-state index in [9.17, 15) is 17.6 Å². The lowest BCUT2D eigenvalue weighted by Gasteiger charge is -2.05. The number of carbonyl (C=O) groups is 1. The highest BCUT2D eigenvalue weighted by Gasteiger charge is 2.22.